The van der Waals surface area contributed by atoms with Gasteiger partial charge in [-0.15, -0.1) is 0 Å². The average Bonchev–Trinajstić information content (AvgIpc) is 2.91. The molecule has 0 spiro atoms. The van der Waals surface area contributed by atoms with Crippen molar-refractivity contribution in [2.75, 3.05) is 0 Å². The summed E-state index contributed by atoms with van der Waals surface area (Å²) in [5.74, 6) is 1.46. The molecule has 4 rings (SSSR count). The predicted octanol–water partition coefficient (Wildman–Crippen LogP) is 9.04. The van der Waals surface area contributed by atoms with Gasteiger partial charge in [0.15, 0.2) is 0 Å². The lowest BCUT2D eigenvalue weighted by Crippen LogP contribution is -2.38. The highest BCUT2D eigenvalue weighted by Gasteiger charge is 2.45. The summed E-state index contributed by atoms with van der Waals surface area (Å²) in [6, 6.07) is 20.9. The lowest BCUT2D eigenvalue weighted by atomic mass is 9.59. The molecule has 0 radical (unpaired) electrons. The van der Waals surface area contributed by atoms with Crippen molar-refractivity contribution in [1.29, 1.82) is 5.26 Å². The zero-order chi connectivity index (χ0) is 24.7. The van der Waals surface area contributed by atoms with Gasteiger partial charge in [0.05, 0.1) is 11.5 Å². The van der Waals surface area contributed by atoms with Crippen LogP contribution in [0.1, 0.15) is 108 Å². The number of nitrogens with zero attached hydrogens (tertiary/aromatic N) is 1. The fraction of sp³-hybridized carbons (Fsp3) is 0.576. The summed E-state index contributed by atoms with van der Waals surface area (Å²) in [6.45, 7) is 4.41. The first-order chi connectivity index (χ1) is 17.1. The third-order valence-electron chi connectivity index (χ3n) is 9.02. The topological polar surface area (TPSA) is 40.9 Å². The fourth-order valence-corrected chi connectivity index (χ4v) is 6.67. The fourth-order valence-electron chi connectivity index (χ4n) is 6.67. The van der Waals surface area contributed by atoms with Crippen LogP contribution in [0.15, 0.2) is 48.5 Å². The molecule has 0 N–H and O–H groups in total. The normalized spacial score (nSPS) is 26.9. The minimum absolute atomic E-state index is 0.249. The van der Waals surface area contributed by atoms with E-state index in [2.05, 4.69) is 68.4 Å². The standard InChI is InChI=1S/C33H43NO/c1-3-5-6-8-25-9-11-26(12-10-25)27-13-15-28(16-14-27)29-19-21-33(24-34,22-20-29)31-18-17-30(7-4-2)32(35)23-31/h9-16,29-31H,3-8,17-23H2,1-2H3. The van der Waals surface area contributed by atoms with E-state index in [1.54, 1.807) is 0 Å². The van der Waals surface area contributed by atoms with Gasteiger partial charge in [0.25, 0.3) is 0 Å². The van der Waals surface area contributed by atoms with Gasteiger partial charge in [0.2, 0.25) is 0 Å². The monoisotopic (exact) mass is 469 g/mol. The first kappa shape index (κ1) is 25.7. The van der Waals surface area contributed by atoms with Crippen molar-refractivity contribution in [3.05, 3.63) is 59.7 Å². The van der Waals surface area contributed by atoms with Gasteiger partial charge in [0.1, 0.15) is 5.78 Å². The maximum absolute atomic E-state index is 12.7. The van der Waals surface area contributed by atoms with Crippen molar-refractivity contribution in [2.24, 2.45) is 17.3 Å². The molecule has 35 heavy (non-hydrogen) atoms. The van der Waals surface area contributed by atoms with Crippen molar-refractivity contribution in [3.63, 3.8) is 0 Å². The lowest BCUT2D eigenvalue weighted by molar-refractivity contribution is -0.128. The Bertz CT molecular complexity index is 989. The Hall–Kier alpha value is -2.40. The van der Waals surface area contributed by atoms with E-state index in [1.807, 2.05) is 0 Å². The van der Waals surface area contributed by atoms with Crippen molar-refractivity contribution in [3.8, 4) is 17.2 Å². The Labute approximate surface area is 213 Å². The minimum Gasteiger partial charge on any atom is -0.299 e. The number of rotatable bonds is 9. The maximum Gasteiger partial charge on any atom is 0.136 e. The number of benzene rings is 2. The molecule has 2 aliphatic rings. The van der Waals surface area contributed by atoms with Crippen LogP contribution in [0.3, 0.4) is 0 Å². The molecule has 0 saturated heterocycles. The van der Waals surface area contributed by atoms with Crippen LogP contribution in [-0.4, -0.2) is 5.78 Å². The highest BCUT2D eigenvalue weighted by Crippen LogP contribution is 2.51. The third kappa shape index (κ3) is 6.06. The highest BCUT2D eigenvalue weighted by atomic mass is 16.1. The molecule has 2 aliphatic carbocycles. The van der Waals surface area contributed by atoms with Crippen LogP contribution < -0.4 is 0 Å². The number of carbonyl (C=O) groups excluding carboxylic acids is 1. The Morgan fingerprint density at radius 1 is 0.857 bits per heavy atom. The van der Waals surface area contributed by atoms with Crippen LogP contribution >= 0.6 is 0 Å². The quantitative estimate of drug-likeness (QED) is 0.344. The summed E-state index contributed by atoms with van der Waals surface area (Å²) in [5.41, 5.74) is 5.11. The Kier molecular flexibility index (Phi) is 8.83. The van der Waals surface area contributed by atoms with Crippen LogP contribution in [0.2, 0.25) is 0 Å². The third-order valence-corrected chi connectivity index (χ3v) is 9.02. The molecule has 0 heterocycles. The molecule has 2 saturated carbocycles. The molecule has 0 bridgehead atoms. The molecular formula is C33H43NO. The van der Waals surface area contributed by atoms with Gasteiger partial charge < -0.3 is 0 Å². The van der Waals surface area contributed by atoms with Crippen LogP contribution in [0, 0.1) is 28.6 Å². The number of carbonyl (C=O) groups is 1. The molecule has 2 unspecified atom stereocenters. The molecule has 186 valence electrons. The molecule has 2 heteroatoms. The Morgan fingerprint density at radius 2 is 1.51 bits per heavy atom. The molecule has 0 aromatic heterocycles. The summed E-state index contributed by atoms with van der Waals surface area (Å²) in [7, 11) is 0. The van der Waals surface area contributed by atoms with E-state index in [4.69, 9.17) is 0 Å². The number of Topliss-reactive ketones (excluding diaryl/α,β-unsaturated/α-hetero) is 1. The van der Waals surface area contributed by atoms with E-state index in [9.17, 15) is 10.1 Å². The van der Waals surface area contributed by atoms with Gasteiger partial charge in [-0.25, -0.2) is 0 Å². The van der Waals surface area contributed by atoms with E-state index < -0.39 is 0 Å². The number of nitriles is 1. The number of aryl methyl sites for hydroxylation is 1. The van der Waals surface area contributed by atoms with E-state index >= 15 is 0 Å². The van der Waals surface area contributed by atoms with E-state index in [-0.39, 0.29) is 17.3 Å². The SMILES string of the molecule is CCCCCc1ccc(-c2ccc(C3CCC(C#N)(C4CCC(CCC)C(=O)C4)CC3)cc2)cc1. The van der Waals surface area contributed by atoms with Crippen LogP contribution in [0.4, 0.5) is 0 Å². The van der Waals surface area contributed by atoms with Crippen LogP contribution in [-0.2, 0) is 11.2 Å². The molecule has 2 atom stereocenters. The highest BCUT2D eigenvalue weighted by molar-refractivity contribution is 5.82. The maximum atomic E-state index is 12.7. The van der Waals surface area contributed by atoms with Crippen molar-refractivity contribution in [1.82, 2.24) is 0 Å². The van der Waals surface area contributed by atoms with E-state index in [0.717, 1.165) is 51.4 Å². The second kappa shape index (κ2) is 12.0. The average molecular weight is 470 g/mol. The summed E-state index contributed by atoms with van der Waals surface area (Å²) in [6.07, 6.45) is 13.8. The molecular weight excluding hydrogens is 426 g/mol. The molecule has 0 amide bonds. The minimum atomic E-state index is -0.290. The van der Waals surface area contributed by atoms with Crippen molar-refractivity contribution < 1.29 is 4.79 Å². The van der Waals surface area contributed by atoms with Gasteiger partial charge in [-0.3, -0.25) is 4.79 Å². The number of unbranched alkanes of at least 4 members (excludes halogenated alkanes) is 2. The lowest BCUT2D eigenvalue weighted by Gasteiger charge is -2.43. The van der Waals surface area contributed by atoms with E-state index in [1.165, 1.54) is 47.9 Å². The second-order valence-corrected chi connectivity index (χ2v) is 11.2. The zero-order valence-corrected chi connectivity index (χ0v) is 21.9. The summed E-state index contributed by atoms with van der Waals surface area (Å²) < 4.78 is 0. The first-order valence-corrected chi connectivity index (χ1v) is 14.2. The Balaban J connectivity index is 1.34. The zero-order valence-electron chi connectivity index (χ0n) is 21.9. The first-order valence-electron chi connectivity index (χ1n) is 14.2. The number of hydrogen-bond acceptors (Lipinski definition) is 2. The van der Waals surface area contributed by atoms with Gasteiger partial charge in [-0.05, 0) is 91.9 Å². The molecule has 2 nitrogen and oxygen atoms in total. The summed E-state index contributed by atoms with van der Waals surface area (Å²) in [5, 5.41) is 10.2. The summed E-state index contributed by atoms with van der Waals surface area (Å²) in [4.78, 5) is 12.7. The van der Waals surface area contributed by atoms with Crippen LogP contribution in [0.25, 0.3) is 11.1 Å². The van der Waals surface area contributed by atoms with Crippen LogP contribution in [0.5, 0.6) is 0 Å². The molecule has 2 aromatic carbocycles. The molecule has 2 aromatic rings. The largest absolute Gasteiger partial charge is 0.299 e. The molecule has 0 aliphatic heterocycles. The van der Waals surface area contributed by atoms with Gasteiger partial charge in [0, 0.05) is 12.3 Å². The second-order valence-electron chi connectivity index (χ2n) is 11.2. The Morgan fingerprint density at radius 3 is 2.09 bits per heavy atom. The summed E-state index contributed by atoms with van der Waals surface area (Å²) >= 11 is 0. The predicted molar refractivity (Wildman–Crippen MR) is 145 cm³/mol. The number of hydrogen-bond donors (Lipinski definition) is 0. The molecule has 2 fully saturated rings. The van der Waals surface area contributed by atoms with Crippen molar-refractivity contribution in [2.45, 2.75) is 103 Å². The van der Waals surface area contributed by atoms with Gasteiger partial charge in [-0.1, -0.05) is 81.6 Å². The smallest absolute Gasteiger partial charge is 0.136 e. The van der Waals surface area contributed by atoms with Gasteiger partial charge >= 0.3 is 0 Å². The van der Waals surface area contributed by atoms with E-state index in [0.29, 0.717) is 18.1 Å². The van der Waals surface area contributed by atoms with Gasteiger partial charge in [-0.2, -0.15) is 5.26 Å². The number of ketones is 1. The van der Waals surface area contributed by atoms with Crippen molar-refractivity contribution >= 4 is 5.78 Å².